The maximum atomic E-state index is 12.5. The molecule has 0 aromatic carbocycles. The summed E-state index contributed by atoms with van der Waals surface area (Å²) in [5.41, 5.74) is 0. The summed E-state index contributed by atoms with van der Waals surface area (Å²) in [6.07, 6.45) is 3.76. The lowest BCUT2D eigenvalue weighted by Gasteiger charge is -2.40. The Kier molecular flexibility index (Phi) is 5.99. The minimum absolute atomic E-state index is 0.114. The number of nitrogens with zero attached hydrogens (tertiary/aromatic N) is 3. The number of carbonyl (C=O) groups is 2. The smallest absolute Gasteiger partial charge is 0.231 e. The van der Waals surface area contributed by atoms with Gasteiger partial charge >= 0.3 is 0 Å². The summed E-state index contributed by atoms with van der Waals surface area (Å²) in [5.74, 6) is 1.77. The van der Waals surface area contributed by atoms with E-state index in [4.69, 9.17) is 0 Å². The maximum absolute atomic E-state index is 12.5. The number of rotatable bonds is 5. The fraction of sp³-hybridized carbons (Fsp3) is 0.765. The van der Waals surface area contributed by atoms with Crippen LogP contribution in [0.2, 0.25) is 0 Å². The van der Waals surface area contributed by atoms with Gasteiger partial charge in [0.15, 0.2) is 4.34 Å². The van der Waals surface area contributed by atoms with Gasteiger partial charge < -0.3 is 10.2 Å². The zero-order valence-corrected chi connectivity index (χ0v) is 16.7. The third-order valence-electron chi connectivity index (χ3n) is 5.50. The molecule has 1 saturated carbocycles. The maximum Gasteiger partial charge on any atom is 0.231 e. The van der Waals surface area contributed by atoms with Gasteiger partial charge in [-0.05, 0) is 24.0 Å². The first-order chi connectivity index (χ1) is 12.0. The Morgan fingerprint density at radius 2 is 2.16 bits per heavy atom. The van der Waals surface area contributed by atoms with Gasteiger partial charge in [-0.25, -0.2) is 0 Å². The van der Waals surface area contributed by atoms with Gasteiger partial charge in [0.1, 0.15) is 0 Å². The summed E-state index contributed by atoms with van der Waals surface area (Å²) < 4.78 is 0.854. The van der Waals surface area contributed by atoms with E-state index in [9.17, 15) is 9.59 Å². The van der Waals surface area contributed by atoms with Crippen molar-refractivity contribution in [2.24, 2.45) is 17.8 Å². The largest absolute Gasteiger partial charge is 0.339 e. The molecule has 0 unspecified atom stereocenters. The molecule has 0 bridgehead atoms. The summed E-state index contributed by atoms with van der Waals surface area (Å²) in [6, 6.07) is 0.281. The molecule has 0 radical (unpaired) electrons. The van der Waals surface area contributed by atoms with Gasteiger partial charge in [-0.1, -0.05) is 56.7 Å². The van der Waals surface area contributed by atoms with E-state index in [2.05, 4.69) is 36.3 Å². The number of carbonyl (C=O) groups excluding carboxylic acids is 2. The Morgan fingerprint density at radius 1 is 1.36 bits per heavy atom. The third kappa shape index (κ3) is 4.16. The molecule has 25 heavy (non-hydrogen) atoms. The Morgan fingerprint density at radius 3 is 2.92 bits per heavy atom. The second-order valence-electron chi connectivity index (χ2n) is 7.08. The summed E-state index contributed by atoms with van der Waals surface area (Å²) in [6.45, 7) is 7.09. The van der Waals surface area contributed by atoms with Crippen molar-refractivity contribution in [3.8, 4) is 0 Å². The van der Waals surface area contributed by atoms with Gasteiger partial charge in [-0.2, -0.15) is 0 Å². The number of aromatic nitrogens is 2. The van der Waals surface area contributed by atoms with Crippen LogP contribution in [0.15, 0.2) is 4.34 Å². The van der Waals surface area contributed by atoms with Gasteiger partial charge in [0, 0.05) is 19.0 Å². The lowest BCUT2D eigenvalue weighted by atomic mass is 9.77. The highest BCUT2D eigenvalue weighted by atomic mass is 32.2. The molecule has 2 fully saturated rings. The minimum atomic E-state index is -0.289. The SMILES string of the molecule is CCSc1nnc(NC(=O)[C@H]2CC(=O)N([C@H]3CCC[C@H](C)[C@@H]3C)C2)s1. The molecule has 138 valence electrons. The topological polar surface area (TPSA) is 75.2 Å². The Labute approximate surface area is 157 Å². The molecule has 1 aliphatic heterocycles. The molecule has 1 saturated heterocycles. The van der Waals surface area contributed by atoms with E-state index in [1.54, 1.807) is 11.8 Å². The molecular formula is C17H26N4O2S2. The zero-order valence-electron chi connectivity index (χ0n) is 15.0. The average Bonchev–Trinajstić information content (AvgIpc) is 3.17. The Balaban J connectivity index is 1.60. The van der Waals surface area contributed by atoms with Crippen LogP contribution in [0.3, 0.4) is 0 Å². The molecule has 1 aliphatic carbocycles. The predicted molar refractivity (Wildman–Crippen MR) is 101 cm³/mol. The van der Waals surface area contributed by atoms with E-state index in [0.717, 1.165) is 16.5 Å². The van der Waals surface area contributed by atoms with Crippen LogP contribution in [0.1, 0.15) is 46.5 Å². The molecular weight excluding hydrogens is 356 g/mol. The van der Waals surface area contributed by atoms with Crippen LogP contribution in [0.4, 0.5) is 5.13 Å². The number of likely N-dealkylation sites (tertiary alicyclic amines) is 1. The second-order valence-corrected chi connectivity index (χ2v) is 9.57. The van der Waals surface area contributed by atoms with Crippen LogP contribution in [0, 0.1) is 17.8 Å². The fourth-order valence-corrected chi connectivity index (χ4v) is 5.52. The van der Waals surface area contributed by atoms with E-state index in [-0.39, 0.29) is 23.8 Å². The molecule has 1 aromatic rings. The van der Waals surface area contributed by atoms with Crippen LogP contribution in [-0.2, 0) is 9.59 Å². The number of anilines is 1. The van der Waals surface area contributed by atoms with Gasteiger partial charge in [0.05, 0.1) is 5.92 Å². The van der Waals surface area contributed by atoms with Gasteiger partial charge in [0.2, 0.25) is 16.9 Å². The number of hydrogen-bond acceptors (Lipinski definition) is 6. The van der Waals surface area contributed by atoms with Crippen LogP contribution in [0.5, 0.6) is 0 Å². The summed E-state index contributed by atoms with van der Waals surface area (Å²) in [4.78, 5) is 27.0. The molecule has 2 heterocycles. The van der Waals surface area contributed by atoms with Crippen LogP contribution >= 0.6 is 23.1 Å². The first-order valence-corrected chi connectivity index (χ1v) is 10.9. The van der Waals surface area contributed by atoms with Crippen molar-refractivity contribution in [3.63, 3.8) is 0 Å². The Bertz CT molecular complexity index is 636. The number of amides is 2. The lowest BCUT2D eigenvalue weighted by molar-refractivity contribution is -0.131. The molecule has 1 N–H and O–H groups in total. The normalized spacial score (nSPS) is 29.9. The predicted octanol–water partition coefficient (Wildman–Crippen LogP) is 3.26. The van der Waals surface area contributed by atoms with E-state index in [1.807, 2.05) is 4.90 Å². The highest BCUT2D eigenvalue weighted by Gasteiger charge is 2.41. The van der Waals surface area contributed by atoms with Crippen LogP contribution in [-0.4, -0.2) is 45.3 Å². The van der Waals surface area contributed by atoms with Gasteiger partial charge in [0.25, 0.3) is 0 Å². The van der Waals surface area contributed by atoms with Crippen molar-refractivity contribution in [1.82, 2.24) is 15.1 Å². The van der Waals surface area contributed by atoms with Crippen LogP contribution < -0.4 is 5.32 Å². The van der Waals surface area contributed by atoms with E-state index < -0.39 is 0 Å². The van der Waals surface area contributed by atoms with Crippen molar-refractivity contribution in [1.29, 1.82) is 0 Å². The summed E-state index contributed by atoms with van der Waals surface area (Å²) in [5, 5.41) is 11.4. The number of nitrogens with one attached hydrogen (secondary N) is 1. The average molecular weight is 383 g/mol. The van der Waals surface area contributed by atoms with E-state index in [0.29, 0.717) is 29.9 Å². The molecule has 0 spiro atoms. The zero-order chi connectivity index (χ0) is 18.0. The van der Waals surface area contributed by atoms with Crippen molar-refractivity contribution in [3.05, 3.63) is 0 Å². The van der Waals surface area contributed by atoms with Gasteiger partial charge in [-0.15, -0.1) is 10.2 Å². The highest BCUT2D eigenvalue weighted by Crippen LogP contribution is 2.36. The summed E-state index contributed by atoms with van der Waals surface area (Å²) in [7, 11) is 0. The van der Waals surface area contributed by atoms with Crippen LogP contribution in [0.25, 0.3) is 0 Å². The minimum Gasteiger partial charge on any atom is -0.339 e. The second kappa shape index (κ2) is 8.03. The van der Waals surface area contributed by atoms with E-state index in [1.165, 1.54) is 24.2 Å². The standard InChI is InChI=1S/C17H26N4O2S2/c1-4-24-17-20-19-16(25-17)18-15(23)12-8-14(22)21(9-12)13-7-5-6-10(2)11(13)3/h10-13H,4-9H2,1-3H3,(H,18,19,23)/t10-,11-,12-,13-/m0/s1. The molecule has 2 amide bonds. The molecule has 6 nitrogen and oxygen atoms in total. The summed E-state index contributed by atoms with van der Waals surface area (Å²) >= 11 is 2.99. The van der Waals surface area contributed by atoms with E-state index >= 15 is 0 Å². The first kappa shape index (κ1) is 18.6. The molecule has 1 aromatic heterocycles. The molecule has 8 heteroatoms. The lowest BCUT2D eigenvalue weighted by Crippen LogP contribution is -2.45. The van der Waals surface area contributed by atoms with Crippen molar-refractivity contribution >= 4 is 40.0 Å². The number of thioether (sulfide) groups is 1. The third-order valence-corrected chi connectivity index (χ3v) is 7.35. The quantitative estimate of drug-likeness (QED) is 0.625. The fourth-order valence-electron chi connectivity index (χ4n) is 3.87. The van der Waals surface area contributed by atoms with Crippen molar-refractivity contribution in [2.45, 2.75) is 56.8 Å². The van der Waals surface area contributed by atoms with Gasteiger partial charge in [-0.3, -0.25) is 9.59 Å². The van der Waals surface area contributed by atoms with Crippen molar-refractivity contribution in [2.75, 3.05) is 17.6 Å². The molecule has 4 atom stereocenters. The van der Waals surface area contributed by atoms with Crippen molar-refractivity contribution < 1.29 is 9.59 Å². The highest BCUT2D eigenvalue weighted by molar-refractivity contribution is 8.01. The monoisotopic (exact) mass is 382 g/mol. The molecule has 2 aliphatic rings. The Hall–Kier alpha value is -1.15. The number of hydrogen-bond donors (Lipinski definition) is 1. The molecule has 3 rings (SSSR count). The first-order valence-electron chi connectivity index (χ1n) is 9.06.